The Morgan fingerprint density at radius 1 is 1.20 bits per heavy atom. The van der Waals surface area contributed by atoms with E-state index < -0.39 is 28.8 Å². The van der Waals surface area contributed by atoms with Crippen LogP contribution in [0.15, 0.2) is 28.4 Å². The van der Waals surface area contributed by atoms with Crippen LogP contribution in [-0.2, 0) is 15.8 Å². The number of halogens is 4. The van der Waals surface area contributed by atoms with Crippen LogP contribution >= 0.6 is 23.4 Å². The Morgan fingerprint density at radius 2 is 1.90 bits per heavy atom. The van der Waals surface area contributed by atoms with Gasteiger partial charge in [-0.15, -0.1) is 5.10 Å². The highest BCUT2D eigenvalue weighted by atomic mass is 35.5. The lowest BCUT2D eigenvalue weighted by molar-refractivity contribution is -0.137. The van der Waals surface area contributed by atoms with Gasteiger partial charge in [-0.25, -0.2) is 0 Å². The molecule has 1 unspecified atom stereocenters. The van der Waals surface area contributed by atoms with Crippen LogP contribution in [0, 0.1) is 0 Å². The lowest BCUT2D eigenvalue weighted by Crippen LogP contribution is -2.28. The molecule has 30 heavy (non-hydrogen) atoms. The van der Waals surface area contributed by atoms with Crippen LogP contribution in [0.4, 0.5) is 18.9 Å². The van der Waals surface area contributed by atoms with Gasteiger partial charge in [0.25, 0.3) is 0 Å². The zero-order valence-electron chi connectivity index (χ0n) is 15.9. The number of benzene rings is 1. The van der Waals surface area contributed by atoms with Gasteiger partial charge in [0.1, 0.15) is 5.25 Å². The van der Waals surface area contributed by atoms with Crippen LogP contribution in [0.5, 0.6) is 0 Å². The Kier molecular flexibility index (Phi) is 7.41. The molecule has 1 aliphatic carbocycles. The van der Waals surface area contributed by atoms with E-state index in [0.29, 0.717) is 5.17 Å². The molecule has 1 aromatic carbocycles. The molecule has 0 bridgehead atoms. The van der Waals surface area contributed by atoms with E-state index in [-0.39, 0.29) is 17.1 Å². The molecule has 2 fully saturated rings. The summed E-state index contributed by atoms with van der Waals surface area (Å²) in [7, 11) is 0. The minimum absolute atomic E-state index is 0.0265. The molecule has 0 aromatic heterocycles. The summed E-state index contributed by atoms with van der Waals surface area (Å²) < 4.78 is 38.6. The maximum Gasteiger partial charge on any atom is 0.416 e. The Labute approximate surface area is 180 Å². The first-order chi connectivity index (χ1) is 14.2. The smallest absolute Gasteiger partial charge is 0.325 e. The van der Waals surface area contributed by atoms with Gasteiger partial charge in [-0.1, -0.05) is 36.2 Å². The molecule has 6 nitrogen and oxygen atoms in total. The molecule has 162 valence electrons. The fraction of sp³-hybridized carbons (Fsp3) is 0.474. The Morgan fingerprint density at radius 3 is 2.57 bits per heavy atom. The van der Waals surface area contributed by atoms with Gasteiger partial charge in [-0.05, 0) is 43.9 Å². The molecule has 1 saturated carbocycles. The fourth-order valence-electron chi connectivity index (χ4n) is 3.11. The van der Waals surface area contributed by atoms with Gasteiger partial charge in [-0.2, -0.15) is 18.3 Å². The van der Waals surface area contributed by atoms with E-state index in [9.17, 15) is 22.8 Å². The maximum absolute atomic E-state index is 12.9. The van der Waals surface area contributed by atoms with Gasteiger partial charge in [0.2, 0.25) is 11.8 Å². The first-order valence-electron chi connectivity index (χ1n) is 9.50. The summed E-state index contributed by atoms with van der Waals surface area (Å²) in [4.78, 5) is 24.4. The molecule has 1 heterocycles. The number of hydrogen-bond donors (Lipinski definition) is 2. The number of hydrogen-bond acceptors (Lipinski definition) is 5. The third-order valence-electron chi connectivity index (χ3n) is 4.68. The number of rotatable bonds is 4. The first kappa shape index (κ1) is 22.6. The van der Waals surface area contributed by atoms with Crippen molar-refractivity contribution in [2.45, 2.75) is 56.4 Å². The molecule has 1 aromatic rings. The van der Waals surface area contributed by atoms with E-state index in [2.05, 4.69) is 20.8 Å². The number of anilines is 1. The molecule has 2 amide bonds. The number of thioether (sulfide) groups is 1. The van der Waals surface area contributed by atoms with Gasteiger partial charge in [0, 0.05) is 12.1 Å². The third-order valence-corrected chi connectivity index (χ3v) is 6.08. The maximum atomic E-state index is 12.9. The highest BCUT2D eigenvalue weighted by Crippen LogP contribution is 2.34. The molecule has 1 atom stereocenters. The highest BCUT2D eigenvalue weighted by Gasteiger charge is 2.33. The number of carbonyl (C=O) groups excluding carboxylic acids is 2. The van der Waals surface area contributed by atoms with Crippen molar-refractivity contribution in [3.05, 3.63) is 28.8 Å². The quantitative estimate of drug-likeness (QED) is 0.490. The molecule has 2 N–H and O–H groups in total. The van der Waals surface area contributed by atoms with Crippen molar-refractivity contribution in [1.82, 2.24) is 5.32 Å². The summed E-state index contributed by atoms with van der Waals surface area (Å²) >= 11 is 6.96. The molecule has 0 spiro atoms. The second-order valence-electron chi connectivity index (χ2n) is 7.03. The second kappa shape index (κ2) is 9.82. The van der Waals surface area contributed by atoms with Gasteiger partial charge in [-0.3, -0.25) is 9.59 Å². The normalized spacial score (nSPS) is 21.3. The molecule has 1 saturated heterocycles. The van der Waals surface area contributed by atoms with Crippen LogP contribution in [0.2, 0.25) is 5.02 Å². The van der Waals surface area contributed by atoms with Crippen LogP contribution in [0.3, 0.4) is 0 Å². The van der Waals surface area contributed by atoms with Crippen molar-refractivity contribution in [2.75, 3.05) is 5.32 Å². The molecule has 3 rings (SSSR count). The Balaban J connectivity index is 1.60. The van der Waals surface area contributed by atoms with E-state index >= 15 is 0 Å². The lowest BCUT2D eigenvalue weighted by Gasteiger charge is -2.12. The van der Waals surface area contributed by atoms with Gasteiger partial charge in [0.05, 0.1) is 16.3 Å². The zero-order chi connectivity index (χ0) is 21.7. The average Bonchev–Trinajstić information content (AvgIpc) is 2.86. The van der Waals surface area contributed by atoms with Crippen LogP contribution in [0.25, 0.3) is 0 Å². The zero-order valence-corrected chi connectivity index (χ0v) is 17.5. The van der Waals surface area contributed by atoms with Gasteiger partial charge >= 0.3 is 6.18 Å². The summed E-state index contributed by atoms with van der Waals surface area (Å²) in [5.41, 5.74) is -0.0917. The first-order valence-corrected chi connectivity index (χ1v) is 10.8. The predicted molar refractivity (Wildman–Crippen MR) is 112 cm³/mol. The number of amides is 2. The summed E-state index contributed by atoms with van der Waals surface area (Å²) in [6.45, 7) is 0. The van der Waals surface area contributed by atoms with Crippen molar-refractivity contribution in [3.63, 3.8) is 0 Å². The van der Waals surface area contributed by atoms with E-state index in [0.717, 1.165) is 61.4 Å². The number of alkyl halides is 3. The van der Waals surface area contributed by atoms with Crippen LogP contribution in [0.1, 0.15) is 50.5 Å². The molecular weight excluding hydrogens is 441 g/mol. The van der Waals surface area contributed by atoms with Gasteiger partial charge in [0.15, 0.2) is 5.17 Å². The Hall–Kier alpha value is -2.07. The van der Waals surface area contributed by atoms with E-state index in [1.807, 2.05) is 0 Å². The molecule has 11 heteroatoms. The Bertz CT molecular complexity index is 879. The predicted octanol–water partition coefficient (Wildman–Crippen LogP) is 4.99. The summed E-state index contributed by atoms with van der Waals surface area (Å²) in [5.74, 6) is -1.02. The van der Waals surface area contributed by atoms with Crippen molar-refractivity contribution >= 4 is 51.7 Å². The summed E-state index contributed by atoms with van der Waals surface area (Å²) in [6.07, 6.45) is 1.47. The number of nitrogens with zero attached hydrogens (tertiary/aromatic N) is 2. The monoisotopic (exact) mass is 460 g/mol. The molecule has 2 aliphatic rings. The highest BCUT2D eigenvalue weighted by molar-refractivity contribution is 8.15. The summed E-state index contributed by atoms with van der Waals surface area (Å²) in [6, 6.07) is 2.66. The second-order valence-corrected chi connectivity index (χ2v) is 8.62. The lowest BCUT2D eigenvalue weighted by atomic mass is 10.2. The summed E-state index contributed by atoms with van der Waals surface area (Å²) in [5, 5.41) is 12.8. The third kappa shape index (κ3) is 6.21. The van der Waals surface area contributed by atoms with E-state index in [1.165, 1.54) is 12.8 Å². The largest absolute Gasteiger partial charge is 0.416 e. The van der Waals surface area contributed by atoms with Crippen molar-refractivity contribution < 1.29 is 22.8 Å². The minimum atomic E-state index is -4.56. The standard InChI is InChI=1S/C19H20ClF3N4O2S/c20-13-8-7-11(19(21,22)23)9-14(13)24-16(28)10-15-17(29)25-18(30-15)27-26-12-5-3-1-2-4-6-12/h7-9,15H,1-6,10H2,(H,24,28)(H,25,27,29). The number of nitrogens with one attached hydrogen (secondary N) is 2. The van der Waals surface area contributed by atoms with Crippen molar-refractivity contribution in [3.8, 4) is 0 Å². The SMILES string of the molecule is O=C(CC1S/C(=N\N=C2CCCCCC2)NC1=O)Nc1cc(C(F)(F)F)ccc1Cl. The fourth-order valence-corrected chi connectivity index (χ4v) is 4.19. The topological polar surface area (TPSA) is 82.9 Å². The van der Waals surface area contributed by atoms with Crippen LogP contribution in [-0.4, -0.2) is 27.9 Å². The van der Waals surface area contributed by atoms with Gasteiger partial charge < -0.3 is 10.6 Å². The molecular formula is C19H20ClF3N4O2S. The number of amidine groups is 1. The molecule has 1 aliphatic heterocycles. The van der Waals surface area contributed by atoms with Crippen LogP contribution < -0.4 is 10.6 Å². The molecule has 0 radical (unpaired) electrons. The average molecular weight is 461 g/mol. The minimum Gasteiger partial charge on any atom is -0.325 e. The van der Waals surface area contributed by atoms with E-state index in [1.54, 1.807) is 0 Å². The van der Waals surface area contributed by atoms with Crippen molar-refractivity contribution in [2.24, 2.45) is 10.2 Å². The van der Waals surface area contributed by atoms with Crippen molar-refractivity contribution in [1.29, 1.82) is 0 Å². The number of carbonyl (C=O) groups is 2. The van der Waals surface area contributed by atoms with E-state index in [4.69, 9.17) is 11.6 Å².